The van der Waals surface area contributed by atoms with Crippen molar-refractivity contribution in [2.24, 2.45) is 0 Å². The van der Waals surface area contributed by atoms with Gasteiger partial charge in [0, 0.05) is 30.3 Å². The second-order valence-electron chi connectivity index (χ2n) is 5.55. The van der Waals surface area contributed by atoms with Gasteiger partial charge in [-0.15, -0.1) is 0 Å². The van der Waals surface area contributed by atoms with Crippen molar-refractivity contribution in [1.82, 2.24) is 5.32 Å². The van der Waals surface area contributed by atoms with Crippen molar-refractivity contribution in [3.05, 3.63) is 42.0 Å². The van der Waals surface area contributed by atoms with Gasteiger partial charge in [-0.25, -0.2) is 9.59 Å². The molecule has 0 fully saturated rings. The summed E-state index contributed by atoms with van der Waals surface area (Å²) < 4.78 is 10.7. The van der Waals surface area contributed by atoms with Gasteiger partial charge in [0.1, 0.15) is 5.75 Å². The van der Waals surface area contributed by atoms with E-state index in [1.54, 1.807) is 7.11 Å². The van der Waals surface area contributed by atoms with E-state index in [1.165, 1.54) is 0 Å². The highest BCUT2D eigenvalue weighted by atomic mass is 16.5. The predicted molar refractivity (Wildman–Crippen MR) is 96.2 cm³/mol. The Labute approximate surface area is 153 Å². The van der Waals surface area contributed by atoms with Gasteiger partial charge in [0.2, 0.25) is 0 Å². The monoisotopic (exact) mass is 369 g/mol. The van der Waals surface area contributed by atoms with E-state index in [9.17, 15) is 14.7 Å². The molecule has 0 aromatic heterocycles. The largest absolute Gasteiger partial charge is 0.496 e. The summed E-state index contributed by atoms with van der Waals surface area (Å²) in [5.41, 5.74) is 0.990. The van der Waals surface area contributed by atoms with Crippen LogP contribution in [0, 0.1) is 0 Å². The molecule has 0 heterocycles. The fourth-order valence-electron chi connectivity index (χ4n) is 1.70. The van der Waals surface area contributed by atoms with Crippen LogP contribution in [0.15, 0.2) is 36.4 Å². The minimum atomic E-state index is -1.26. The van der Waals surface area contributed by atoms with Crippen molar-refractivity contribution in [2.75, 3.05) is 20.3 Å². The molecule has 146 valence electrons. The van der Waals surface area contributed by atoms with Gasteiger partial charge in [-0.1, -0.05) is 32.0 Å². The number of benzene rings is 1. The quantitative estimate of drug-likeness (QED) is 0.455. The van der Waals surface area contributed by atoms with Crippen molar-refractivity contribution in [2.45, 2.75) is 32.6 Å². The number of carbonyl (C=O) groups is 2. The van der Waals surface area contributed by atoms with Crippen LogP contribution in [0.25, 0.3) is 0 Å². The Morgan fingerprint density at radius 3 is 2.23 bits per heavy atom. The maximum Gasteiger partial charge on any atom is 0.328 e. The smallest absolute Gasteiger partial charge is 0.328 e. The minimum absolute atomic E-state index is 0.317. The van der Waals surface area contributed by atoms with Gasteiger partial charge in [-0.3, -0.25) is 0 Å². The first-order valence-electron chi connectivity index (χ1n) is 8.01. The number of hydrogen-bond acceptors (Lipinski definition) is 6. The average molecular weight is 369 g/mol. The fraction of sp³-hybridized carbons (Fsp3) is 0.444. The highest BCUT2D eigenvalue weighted by molar-refractivity contribution is 5.89. The number of aliphatic hydroxyl groups excluding tert-OH is 1. The van der Waals surface area contributed by atoms with Crippen LogP contribution in [0.3, 0.4) is 0 Å². The first kappa shape index (κ1) is 23.6. The lowest BCUT2D eigenvalue weighted by atomic mass is 10.2. The lowest BCUT2D eigenvalue weighted by Gasteiger charge is -2.15. The number of para-hydroxylation sites is 1. The fourth-order valence-corrected chi connectivity index (χ4v) is 1.70. The van der Waals surface area contributed by atoms with E-state index in [0.29, 0.717) is 38.0 Å². The summed E-state index contributed by atoms with van der Waals surface area (Å²) in [6.07, 6.45) is 0.632. The molecule has 0 saturated carbocycles. The van der Waals surface area contributed by atoms with E-state index < -0.39 is 18.0 Å². The Kier molecular flexibility index (Phi) is 12.5. The molecule has 0 radical (unpaired) electrons. The van der Waals surface area contributed by atoms with Crippen molar-refractivity contribution in [1.29, 1.82) is 0 Å². The number of hydrogen-bond donors (Lipinski definition) is 4. The van der Waals surface area contributed by atoms with Crippen molar-refractivity contribution < 1.29 is 34.4 Å². The van der Waals surface area contributed by atoms with Crippen LogP contribution in [0.4, 0.5) is 0 Å². The lowest BCUT2D eigenvalue weighted by Crippen LogP contribution is -2.34. The van der Waals surface area contributed by atoms with Gasteiger partial charge in [0.25, 0.3) is 0 Å². The number of carboxylic acid groups (broad SMARTS) is 2. The Bertz CT molecular complexity index is 556. The molecule has 0 spiro atoms. The minimum Gasteiger partial charge on any atom is -0.496 e. The highest BCUT2D eigenvalue weighted by Gasteiger charge is 2.06. The number of nitrogens with one attached hydrogen (secondary N) is 1. The summed E-state index contributed by atoms with van der Waals surface area (Å²) in [7, 11) is 1.64. The molecule has 0 aliphatic carbocycles. The third-order valence-corrected chi connectivity index (χ3v) is 2.89. The molecule has 1 aromatic carbocycles. The summed E-state index contributed by atoms with van der Waals surface area (Å²) in [5.74, 6) is -1.70. The predicted octanol–water partition coefficient (Wildman–Crippen LogP) is 1.28. The maximum absolute atomic E-state index is 9.68. The van der Waals surface area contributed by atoms with E-state index in [0.717, 1.165) is 11.3 Å². The van der Waals surface area contributed by atoms with Crippen LogP contribution in [0.1, 0.15) is 19.4 Å². The lowest BCUT2D eigenvalue weighted by molar-refractivity contribution is -0.134. The molecule has 8 heteroatoms. The van der Waals surface area contributed by atoms with Gasteiger partial charge in [-0.05, 0) is 6.07 Å². The van der Waals surface area contributed by atoms with E-state index >= 15 is 0 Å². The summed E-state index contributed by atoms with van der Waals surface area (Å²) in [6, 6.07) is 8.09. The molecule has 1 atom stereocenters. The standard InChI is InChI=1S/C14H23NO3.C4H4O4/c1-11(2)15-8-13(16)10-18-9-12-6-4-5-7-14(12)17-3;5-3(6)1-2-4(7)8/h4-7,11,13,15-16H,8-10H2,1-3H3;1-2H,(H,5,6)(H,7,8). The molecule has 1 aromatic rings. The molecule has 8 nitrogen and oxygen atoms in total. The van der Waals surface area contributed by atoms with E-state index in [2.05, 4.69) is 5.32 Å². The third kappa shape index (κ3) is 12.9. The second kappa shape index (κ2) is 13.8. The molecule has 26 heavy (non-hydrogen) atoms. The molecule has 0 bridgehead atoms. The number of rotatable bonds is 10. The molecule has 0 saturated heterocycles. The van der Waals surface area contributed by atoms with Gasteiger partial charge in [0.15, 0.2) is 0 Å². The van der Waals surface area contributed by atoms with Crippen LogP contribution < -0.4 is 10.1 Å². The Hall–Kier alpha value is -2.42. The summed E-state index contributed by atoms with van der Waals surface area (Å²) in [5, 5.41) is 28.5. The van der Waals surface area contributed by atoms with E-state index in [1.807, 2.05) is 38.1 Å². The van der Waals surface area contributed by atoms with Crippen LogP contribution in [0.2, 0.25) is 0 Å². The number of aliphatic carboxylic acids is 2. The van der Waals surface area contributed by atoms with E-state index in [-0.39, 0.29) is 0 Å². The SMILES string of the molecule is COc1ccccc1COCC(O)CNC(C)C.O=C(O)C=CC(=O)O. The number of aliphatic hydroxyl groups is 1. The van der Waals surface area contributed by atoms with Crippen molar-refractivity contribution >= 4 is 11.9 Å². The summed E-state index contributed by atoms with van der Waals surface area (Å²) in [6.45, 7) is 5.40. The molecule has 4 N–H and O–H groups in total. The van der Waals surface area contributed by atoms with Crippen LogP contribution in [-0.2, 0) is 20.9 Å². The molecule has 0 aliphatic heterocycles. The van der Waals surface area contributed by atoms with Crippen LogP contribution in [0.5, 0.6) is 5.75 Å². The molecule has 1 rings (SSSR count). The van der Waals surface area contributed by atoms with Gasteiger partial charge in [-0.2, -0.15) is 0 Å². The molecule has 1 unspecified atom stereocenters. The zero-order valence-electron chi connectivity index (χ0n) is 15.2. The summed E-state index contributed by atoms with van der Waals surface area (Å²) in [4.78, 5) is 19.1. The Morgan fingerprint density at radius 1 is 1.15 bits per heavy atom. The first-order valence-corrected chi connectivity index (χ1v) is 8.01. The molecule has 0 aliphatic rings. The van der Waals surface area contributed by atoms with E-state index in [4.69, 9.17) is 19.7 Å². The van der Waals surface area contributed by atoms with Crippen LogP contribution >= 0.6 is 0 Å². The van der Waals surface area contributed by atoms with Crippen molar-refractivity contribution in [3.8, 4) is 5.75 Å². The second-order valence-corrected chi connectivity index (χ2v) is 5.55. The first-order chi connectivity index (χ1) is 12.3. The Balaban J connectivity index is 0.000000660. The topological polar surface area (TPSA) is 125 Å². The maximum atomic E-state index is 9.68. The third-order valence-electron chi connectivity index (χ3n) is 2.89. The highest BCUT2D eigenvalue weighted by Crippen LogP contribution is 2.17. The van der Waals surface area contributed by atoms with Crippen molar-refractivity contribution in [3.63, 3.8) is 0 Å². The Morgan fingerprint density at radius 2 is 1.73 bits per heavy atom. The zero-order valence-corrected chi connectivity index (χ0v) is 15.2. The van der Waals surface area contributed by atoms with Crippen LogP contribution in [-0.4, -0.2) is 59.7 Å². The summed E-state index contributed by atoms with van der Waals surface area (Å²) >= 11 is 0. The zero-order chi connectivity index (χ0) is 19.9. The molecule has 0 amide bonds. The van der Waals surface area contributed by atoms with Gasteiger partial charge in [0.05, 0.1) is 26.4 Å². The van der Waals surface area contributed by atoms with Gasteiger partial charge >= 0.3 is 11.9 Å². The number of carboxylic acids is 2. The number of ether oxygens (including phenoxy) is 2. The number of methoxy groups -OCH3 is 1. The average Bonchev–Trinajstić information content (AvgIpc) is 2.59. The van der Waals surface area contributed by atoms with Gasteiger partial charge < -0.3 is 30.1 Å². The normalized spacial score (nSPS) is 11.7. The molecular weight excluding hydrogens is 342 g/mol. The molecular formula is C18H27NO7.